The average molecular weight is 393 g/mol. The number of nitrogens with zero attached hydrogens (tertiary/aromatic N) is 3. The summed E-state index contributed by atoms with van der Waals surface area (Å²) in [5.74, 6) is 1.19. The Bertz CT molecular complexity index is 958. The summed E-state index contributed by atoms with van der Waals surface area (Å²) in [4.78, 5) is 16.8. The van der Waals surface area contributed by atoms with Crippen molar-refractivity contribution in [1.29, 1.82) is 0 Å². The summed E-state index contributed by atoms with van der Waals surface area (Å²) in [7, 11) is 5.81. The Morgan fingerprint density at radius 1 is 1.03 bits per heavy atom. The molecule has 0 aliphatic heterocycles. The van der Waals surface area contributed by atoms with Crippen molar-refractivity contribution in [3.63, 3.8) is 0 Å². The molecule has 0 unspecified atom stereocenters. The minimum absolute atomic E-state index is 0.0870. The zero-order chi connectivity index (χ0) is 21.0. The third-order valence-electron chi connectivity index (χ3n) is 4.89. The molecule has 1 amide bonds. The number of aryl methyl sites for hydroxylation is 2. The van der Waals surface area contributed by atoms with E-state index in [1.165, 1.54) is 0 Å². The number of hydrogen-bond acceptors (Lipinski definition) is 5. The van der Waals surface area contributed by atoms with E-state index in [0.29, 0.717) is 24.5 Å². The van der Waals surface area contributed by atoms with Crippen LogP contribution in [0, 0.1) is 13.8 Å². The standard InChI is InChI=1S/C23H27N3O3/c1-16-21(17(2)29-24-16)15-28-22-9-7-6-8-20(22)23(27)26(5)14-18-10-12-19(13-11-18)25(3)4/h6-13H,14-15H2,1-5H3. The summed E-state index contributed by atoms with van der Waals surface area (Å²) in [6.07, 6.45) is 0. The molecule has 0 bridgehead atoms. The van der Waals surface area contributed by atoms with E-state index in [1.54, 1.807) is 18.0 Å². The van der Waals surface area contributed by atoms with E-state index in [9.17, 15) is 4.79 Å². The van der Waals surface area contributed by atoms with Crippen molar-refractivity contribution >= 4 is 11.6 Å². The average Bonchev–Trinajstić information content (AvgIpc) is 3.04. The van der Waals surface area contributed by atoms with Crippen LogP contribution in [-0.4, -0.2) is 37.1 Å². The summed E-state index contributed by atoms with van der Waals surface area (Å²) in [5.41, 5.74) is 4.43. The van der Waals surface area contributed by atoms with Crippen LogP contribution in [0.3, 0.4) is 0 Å². The predicted octanol–water partition coefficient (Wildman–Crippen LogP) is 4.21. The quantitative estimate of drug-likeness (QED) is 0.602. The van der Waals surface area contributed by atoms with Crippen LogP contribution in [0.4, 0.5) is 5.69 Å². The van der Waals surface area contributed by atoms with Gasteiger partial charge in [0.1, 0.15) is 18.1 Å². The molecule has 0 aliphatic rings. The highest BCUT2D eigenvalue weighted by Gasteiger charge is 2.18. The van der Waals surface area contributed by atoms with Gasteiger partial charge in [-0.2, -0.15) is 0 Å². The summed E-state index contributed by atoms with van der Waals surface area (Å²) >= 11 is 0. The molecule has 2 aromatic carbocycles. The molecule has 1 aromatic heterocycles. The zero-order valence-corrected chi connectivity index (χ0v) is 17.6. The van der Waals surface area contributed by atoms with Gasteiger partial charge in [-0.25, -0.2) is 0 Å². The number of aromatic nitrogens is 1. The fourth-order valence-electron chi connectivity index (χ4n) is 3.08. The Labute approximate surface area is 171 Å². The maximum Gasteiger partial charge on any atom is 0.257 e. The van der Waals surface area contributed by atoms with Crippen molar-refractivity contribution < 1.29 is 14.1 Å². The number of rotatable bonds is 7. The molecule has 3 aromatic rings. The molecule has 0 N–H and O–H groups in total. The first-order valence-corrected chi connectivity index (χ1v) is 9.52. The number of ether oxygens (including phenoxy) is 1. The third-order valence-corrected chi connectivity index (χ3v) is 4.89. The number of amides is 1. The highest BCUT2D eigenvalue weighted by Crippen LogP contribution is 2.23. The molecule has 1 heterocycles. The van der Waals surface area contributed by atoms with Crippen molar-refractivity contribution in [3.8, 4) is 5.75 Å². The van der Waals surface area contributed by atoms with Crippen LogP contribution in [0.25, 0.3) is 0 Å². The molecule has 29 heavy (non-hydrogen) atoms. The molecule has 0 radical (unpaired) electrons. The highest BCUT2D eigenvalue weighted by atomic mass is 16.5. The SMILES string of the molecule is Cc1noc(C)c1COc1ccccc1C(=O)N(C)Cc1ccc(N(C)C)cc1. The molecule has 0 spiro atoms. The van der Waals surface area contributed by atoms with Crippen molar-refractivity contribution in [1.82, 2.24) is 10.1 Å². The van der Waals surface area contributed by atoms with Crippen LogP contribution < -0.4 is 9.64 Å². The Balaban J connectivity index is 1.71. The van der Waals surface area contributed by atoms with Gasteiger partial charge < -0.3 is 19.1 Å². The van der Waals surface area contributed by atoms with E-state index in [2.05, 4.69) is 5.16 Å². The number of hydrogen-bond donors (Lipinski definition) is 0. The molecule has 152 valence electrons. The van der Waals surface area contributed by atoms with Gasteiger partial charge in [0.2, 0.25) is 0 Å². The Morgan fingerprint density at radius 2 is 1.72 bits per heavy atom. The Hall–Kier alpha value is -3.28. The number of benzene rings is 2. The lowest BCUT2D eigenvalue weighted by Gasteiger charge is -2.20. The second-order valence-electron chi connectivity index (χ2n) is 7.31. The van der Waals surface area contributed by atoms with Crippen molar-refractivity contribution in [2.24, 2.45) is 0 Å². The first-order chi connectivity index (χ1) is 13.9. The second kappa shape index (κ2) is 8.82. The minimum atomic E-state index is -0.0870. The van der Waals surface area contributed by atoms with Gasteiger partial charge >= 0.3 is 0 Å². The molecule has 0 aliphatic carbocycles. The van der Waals surface area contributed by atoms with Gasteiger partial charge in [0.05, 0.1) is 16.8 Å². The van der Waals surface area contributed by atoms with Crippen LogP contribution in [0.2, 0.25) is 0 Å². The van der Waals surface area contributed by atoms with Crippen molar-refractivity contribution in [2.45, 2.75) is 27.0 Å². The maximum absolute atomic E-state index is 13.0. The van der Waals surface area contributed by atoms with E-state index in [0.717, 1.165) is 28.3 Å². The number of carbonyl (C=O) groups is 1. The van der Waals surface area contributed by atoms with Gasteiger partial charge in [0, 0.05) is 33.4 Å². The monoisotopic (exact) mass is 393 g/mol. The summed E-state index contributed by atoms with van der Waals surface area (Å²) in [6.45, 7) is 4.55. The first kappa shape index (κ1) is 20.5. The molecule has 0 atom stereocenters. The third kappa shape index (κ3) is 4.77. The number of anilines is 1. The lowest BCUT2D eigenvalue weighted by Crippen LogP contribution is -2.26. The molecule has 0 fully saturated rings. The summed E-state index contributed by atoms with van der Waals surface area (Å²) in [5, 5.41) is 3.94. The molecule has 0 saturated carbocycles. The topological polar surface area (TPSA) is 58.8 Å². The van der Waals surface area contributed by atoms with E-state index < -0.39 is 0 Å². The van der Waals surface area contributed by atoms with Crippen LogP contribution in [0.5, 0.6) is 5.75 Å². The Morgan fingerprint density at radius 3 is 2.34 bits per heavy atom. The Kier molecular flexibility index (Phi) is 6.22. The van der Waals surface area contributed by atoms with Gasteiger partial charge in [0.15, 0.2) is 0 Å². The van der Waals surface area contributed by atoms with E-state index in [4.69, 9.17) is 9.26 Å². The van der Waals surface area contributed by atoms with Crippen LogP contribution >= 0.6 is 0 Å². The number of para-hydroxylation sites is 1. The van der Waals surface area contributed by atoms with Crippen LogP contribution in [0.15, 0.2) is 53.1 Å². The van der Waals surface area contributed by atoms with Crippen molar-refractivity contribution in [2.75, 3.05) is 26.0 Å². The second-order valence-corrected chi connectivity index (χ2v) is 7.31. The van der Waals surface area contributed by atoms with E-state index in [-0.39, 0.29) is 5.91 Å². The zero-order valence-electron chi connectivity index (χ0n) is 17.6. The van der Waals surface area contributed by atoms with Gasteiger partial charge in [-0.05, 0) is 43.7 Å². The molecule has 3 rings (SSSR count). The predicted molar refractivity (Wildman–Crippen MR) is 113 cm³/mol. The van der Waals surface area contributed by atoms with E-state index >= 15 is 0 Å². The van der Waals surface area contributed by atoms with Crippen LogP contribution in [-0.2, 0) is 13.2 Å². The van der Waals surface area contributed by atoms with Gasteiger partial charge in [-0.3, -0.25) is 4.79 Å². The smallest absolute Gasteiger partial charge is 0.257 e. The molecular weight excluding hydrogens is 366 g/mol. The van der Waals surface area contributed by atoms with E-state index in [1.807, 2.05) is 75.3 Å². The first-order valence-electron chi connectivity index (χ1n) is 9.52. The number of carbonyl (C=O) groups excluding carboxylic acids is 1. The van der Waals surface area contributed by atoms with Gasteiger partial charge in [-0.15, -0.1) is 0 Å². The highest BCUT2D eigenvalue weighted by molar-refractivity contribution is 5.96. The molecular formula is C23H27N3O3. The fourth-order valence-corrected chi connectivity index (χ4v) is 3.08. The summed E-state index contributed by atoms with van der Waals surface area (Å²) < 4.78 is 11.1. The summed E-state index contributed by atoms with van der Waals surface area (Å²) in [6, 6.07) is 15.5. The largest absolute Gasteiger partial charge is 0.488 e. The molecule has 6 nitrogen and oxygen atoms in total. The van der Waals surface area contributed by atoms with Gasteiger partial charge in [0.25, 0.3) is 5.91 Å². The minimum Gasteiger partial charge on any atom is -0.488 e. The lowest BCUT2D eigenvalue weighted by molar-refractivity contribution is 0.0780. The molecule has 6 heteroatoms. The fraction of sp³-hybridized carbons (Fsp3) is 0.304. The maximum atomic E-state index is 13.0. The molecule has 0 saturated heterocycles. The van der Waals surface area contributed by atoms with Gasteiger partial charge in [-0.1, -0.05) is 29.4 Å². The normalized spacial score (nSPS) is 10.7. The van der Waals surface area contributed by atoms with Crippen molar-refractivity contribution in [3.05, 3.63) is 76.7 Å². The van der Waals surface area contributed by atoms with Crippen LogP contribution in [0.1, 0.15) is 32.9 Å². The lowest BCUT2D eigenvalue weighted by atomic mass is 10.1.